The van der Waals surface area contributed by atoms with Crippen molar-refractivity contribution < 1.29 is 23.9 Å². The summed E-state index contributed by atoms with van der Waals surface area (Å²) in [5.41, 5.74) is 5.91. The first-order valence-electron chi connectivity index (χ1n) is 10.3. The number of rotatable bonds is 8. The van der Waals surface area contributed by atoms with E-state index in [0.29, 0.717) is 11.4 Å². The predicted octanol–water partition coefficient (Wildman–Crippen LogP) is 3.22. The summed E-state index contributed by atoms with van der Waals surface area (Å²) in [6.45, 7) is 3.33. The largest absolute Gasteiger partial charge is 0.394 e. The Hall–Kier alpha value is -3.76. The highest BCUT2D eigenvalue weighted by molar-refractivity contribution is 6.34. The van der Waals surface area contributed by atoms with Crippen LogP contribution >= 0.6 is 11.6 Å². The number of anilines is 2. The highest BCUT2D eigenvalue weighted by atomic mass is 35.5. The number of nitrogens with one attached hydrogen (secondary N) is 2. The Morgan fingerprint density at radius 3 is 2.44 bits per heavy atom. The molecule has 0 bridgehead atoms. The molecule has 0 aliphatic heterocycles. The monoisotopic (exact) mass is 487 g/mol. The van der Waals surface area contributed by atoms with E-state index >= 15 is 0 Å². The van der Waals surface area contributed by atoms with Crippen LogP contribution in [0.2, 0.25) is 5.02 Å². The van der Waals surface area contributed by atoms with Crippen molar-refractivity contribution in [2.75, 3.05) is 16.8 Å². The molecular formula is C23H23ClFN5O4. The second kappa shape index (κ2) is 10.4. The van der Waals surface area contributed by atoms with Gasteiger partial charge in [0.1, 0.15) is 11.5 Å². The van der Waals surface area contributed by atoms with Gasteiger partial charge in [0.05, 0.1) is 29.6 Å². The predicted molar refractivity (Wildman–Crippen MR) is 125 cm³/mol. The van der Waals surface area contributed by atoms with Crippen LogP contribution in [0.3, 0.4) is 0 Å². The molecule has 9 nitrogen and oxygen atoms in total. The van der Waals surface area contributed by atoms with Crippen molar-refractivity contribution in [3.63, 3.8) is 0 Å². The van der Waals surface area contributed by atoms with Gasteiger partial charge in [-0.05, 0) is 48.4 Å². The van der Waals surface area contributed by atoms with Crippen molar-refractivity contribution in [2.24, 2.45) is 11.7 Å². The number of carbonyl (C=O) groups is 3. The molecule has 3 amide bonds. The molecule has 0 fully saturated rings. The molecule has 5 N–H and O–H groups in total. The number of aliphatic hydroxyl groups excluding tert-OH is 1. The summed E-state index contributed by atoms with van der Waals surface area (Å²) < 4.78 is 13.2. The van der Waals surface area contributed by atoms with E-state index < -0.39 is 29.6 Å². The number of nitrogens with zero attached hydrogens (tertiary/aromatic N) is 2. The van der Waals surface area contributed by atoms with Crippen LogP contribution in [0.15, 0.2) is 48.8 Å². The molecule has 1 heterocycles. The molecule has 1 atom stereocenters. The Kier molecular flexibility index (Phi) is 7.64. The molecule has 34 heavy (non-hydrogen) atoms. The third-order valence-electron chi connectivity index (χ3n) is 5.17. The van der Waals surface area contributed by atoms with Crippen LogP contribution in [-0.2, 0) is 0 Å². The Labute approximate surface area is 199 Å². The maximum absolute atomic E-state index is 13.4. The van der Waals surface area contributed by atoms with Gasteiger partial charge in [-0.15, -0.1) is 0 Å². The number of H-pyrrole nitrogens is 1. The normalized spacial score (nSPS) is 11.8. The number of hydrogen-bond donors (Lipinski definition) is 4. The Morgan fingerprint density at radius 2 is 1.88 bits per heavy atom. The van der Waals surface area contributed by atoms with Crippen molar-refractivity contribution in [1.82, 2.24) is 9.97 Å². The molecule has 2 aromatic carbocycles. The van der Waals surface area contributed by atoms with E-state index in [1.807, 2.05) is 13.8 Å². The first-order valence-corrected chi connectivity index (χ1v) is 10.7. The van der Waals surface area contributed by atoms with E-state index in [1.54, 1.807) is 24.3 Å². The van der Waals surface area contributed by atoms with Crippen LogP contribution in [0.1, 0.15) is 45.2 Å². The van der Waals surface area contributed by atoms with E-state index in [0.717, 1.165) is 12.1 Å². The fourth-order valence-corrected chi connectivity index (χ4v) is 3.64. The number of halogens is 2. The van der Waals surface area contributed by atoms with Gasteiger partial charge in [0, 0.05) is 11.4 Å². The second-order valence-corrected chi connectivity index (χ2v) is 8.19. The highest BCUT2D eigenvalue weighted by Gasteiger charge is 2.31. The first kappa shape index (κ1) is 24.9. The van der Waals surface area contributed by atoms with E-state index in [4.69, 9.17) is 17.3 Å². The lowest BCUT2D eigenvalue weighted by Gasteiger charge is -2.33. The Balaban J connectivity index is 1.91. The maximum atomic E-state index is 13.4. The minimum atomic E-state index is -0.868. The van der Waals surface area contributed by atoms with Crippen LogP contribution in [0.4, 0.5) is 15.8 Å². The Bertz CT molecular complexity index is 1210. The maximum Gasteiger partial charge on any atom is 0.277 e. The van der Waals surface area contributed by atoms with Gasteiger partial charge in [-0.2, -0.15) is 0 Å². The molecule has 0 saturated heterocycles. The van der Waals surface area contributed by atoms with Crippen molar-refractivity contribution >= 4 is 40.7 Å². The lowest BCUT2D eigenvalue weighted by molar-refractivity contribution is 0.0930. The van der Waals surface area contributed by atoms with E-state index in [-0.39, 0.29) is 34.5 Å². The average molecular weight is 488 g/mol. The van der Waals surface area contributed by atoms with Gasteiger partial charge in [0.2, 0.25) is 0 Å². The molecule has 3 aromatic rings. The van der Waals surface area contributed by atoms with Gasteiger partial charge in [0.15, 0.2) is 5.69 Å². The summed E-state index contributed by atoms with van der Waals surface area (Å²) in [5, 5.41) is 12.6. The zero-order valence-electron chi connectivity index (χ0n) is 18.4. The number of hydrogen-bond acceptors (Lipinski definition) is 5. The van der Waals surface area contributed by atoms with Gasteiger partial charge >= 0.3 is 0 Å². The summed E-state index contributed by atoms with van der Waals surface area (Å²) in [5.74, 6) is -2.71. The molecule has 0 radical (unpaired) electrons. The van der Waals surface area contributed by atoms with E-state index in [9.17, 15) is 23.9 Å². The number of aliphatic hydroxyl groups is 1. The number of aromatic amines is 1. The molecule has 0 aliphatic carbocycles. The fraction of sp³-hybridized carbons (Fsp3) is 0.217. The fourth-order valence-electron chi connectivity index (χ4n) is 3.39. The van der Waals surface area contributed by atoms with Crippen LogP contribution < -0.4 is 16.0 Å². The minimum Gasteiger partial charge on any atom is -0.394 e. The van der Waals surface area contributed by atoms with Crippen molar-refractivity contribution in [3.8, 4) is 0 Å². The zero-order chi connectivity index (χ0) is 25.0. The van der Waals surface area contributed by atoms with Crippen LogP contribution in [-0.4, -0.2) is 45.4 Å². The van der Waals surface area contributed by atoms with Gasteiger partial charge < -0.3 is 26.0 Å². The van der Waals surface area contributed by atoms with Crippen molar-refractivity contribution in [1.29, 1.82) is 0 Å². The molecule has 0 unspecified atom stereocenters. The van der Waals surface area contributed by atoms with E-state index in [2.05, 4.69) is 15.3 Å². The number of primary amides is 1. The summed E-state index contributed by atoms with van der Waals surface area (Å²) in [4.78, 5) is 45.3. The number of amides is 3. The van der Waals surface area contributed by atoms with Gasteiger partial charge in [-0.1, -0.05) is 25.4 Å². The molecule has 3 rings (SSSR count). The lowest BCUT2D eigenvalue weighted by Crippen LogP contribution is -2.46. The molecule has 0 aliphatic rings. The standard InChI is InChI=1S/C23H23ClFN5O4/c1-12(2)18(10-31)30(23(34)20-19(21(26)32)27-11-28-20)15-6-4-14(5-7-15)29-22(33)16-8-3-13(25)9-17(16)24/h3-9,11-12,18,31H,10H2,1-2H3,(H2,26,32)(H,27,28)(H,29,33)/t18-/m1/s1. The summed E-state index contributed by atoms with van der Waals surface area (Å²) >= 11 is 5.95. The summed E-state index contributed by atoms with van der Waals surface area (Å²) in [7, 11) is 0. The molecule has 0 spiro atoms. The third kappa shape index (κ3) is 5.24. The quantitative estimate of drug-likeness (QED) is 0.386. The molecule has 178 valence electrons. The third-order valence-corrected chi connectivity index (χ3v) is 5.49. The first-order chi connectivity index (χ1) is 16.1. The van der Waals surface area contributed by atoms with Crippen molar-refractivity contribution in [2.45, 2.75) is 19.9 Å². The lowest BCUT2D eigenvalue weighted by atomic mass is 10.0. The SMILES string of the molecule is CC(C)[C@@H](CO)N(C(=O)c1[nH]cnc1C(N)=O)c1ccc(NC(=O)c2ccc(F)cc2Cl)cc1. The zero-order valence-corrected chi connectivity index (χ0v) is 19.1. The number of aromatic nitrogens is 2. The second-order valence-electron chi connectivity index (χ2n) is 7.78. The smallest absolute Gasteiger partial charge is 0.277 e. The number of imidazole rings is 1. The number of nitrogens with two attached hydrogens (primary N) is 1. The van der Waals surface area contributed by atoms with Crippen LogP contribution in [0.25, 0.3) is 0 Å². The molecular weight excluding hydrogens is 465 g/mol. The summed E-state index contributed by atoms with van der Waals surface area (Å²) in [6.07, 6.45) is 1.19. The molecule has 1 aromatic heterocycles. The van der Waals surface area contributed by atoms with Crippen LogP contribution in [0.5, 0.6) is 0 Å². The van der Waals surface area contributed by atoms with Gasteiger partial charge in [-0.25, -0.2) is 9.37 Å². The van der Waals surface area contributed by atoms with Crippen LogP contribution in [0, 0.1) is 11.7 Å². The highest BCUT2D eigenvalue weighted by Crippen LogP contribution is 2.26. The number of benzene rings is 2. The molecule has 11 heteroatoms. The van der Waals surface area contributed by atoms with Gasteiger partial charge in [0.25, 0.3) is 17.7 Å². The topological polar surface area (TPSA) is 141 Å². The van der Waals surface area contributed by atoms with Crippen molar-refractivity contribution in [3.05, 3.63) is 76.6 Å². The number of carbonyl (C=O) groups excluding carboxylic acids is 3. The van der Waals surface area contributed by atoms with Gasteiger partial charge in [-0.3, -0.25) is 14.4 Å². The van der Waals surface area contributed by atoms with E-state index in [1.165, 1.54) is 17.3 Å². The minimum absolute atomic E-state index is 0.0292. The molecule has 0 saturated carbocycles. The average Bonchev–Trinajstić information content (AvgIpc) is 3.28. The Morgan fingerprint density at radius 1 is 1.21 bits per heavy atom. The summed E-state index contributed by atoms with van der Waals surface area (Å²) in [6, 6.07) is 9.08.